The first kappa shape index (κ1) is 9.16. The molecule has 0 bridgehead atoms. The number of ether oxygens (including phenoxy) is 1. The molecular weight excluding hydrogens is 133 g/mol. The van der Waals surface area contributed by atoms with E-state index in [0.717, 1.165) is 6.19 Å². The fourth-order valence-corrected chi connectivity index (χ4v) is 0.454. The van der Waals surface area contributed by atoms with Gasteiger partial charge in [-0.05, 0) is 6.54 Å². The average Bonchev–Trinajstić information content (AvgIpc) is 1.98. The second kappa shape index (κ2) is 6.29. The van der Waals surface area contributed by atoms with E-state index in [1.807, 2.05) is 0 Å². The molecule has 0 rings (SSSR count). The molecule has 4 nitrogen and oxygen atoms in total. The van der Waals surface area contributed by atoms with Crippen molar-refractivity contribution in [2.75, 3.05) is 13.7 Å². The molecule has 0 spiro atoms. The third-order valence-corrected chi connectivity index (χ3v) is 0.961. The van der Waals surface area contributed by atoms with Gasteiger partial charge in [0, 0.05) is 0 Å². The van der Waals surface area contributed by atoms with Crippen molar-refractivity contribution in [1.82, 2.24) is 5.23 Å². The molecule has 5 heteroatoms. The Kier molecular flexibility index (Phi) is 5.76. The molecular formula is C5H10BNO3. The van der Waals surface area contributed by atoms with E-state index in [9.17, 15) is 9.59 Å². The van der Waals surface area contributed by atoms with Crippen LogP contribution < -0.4 is 5.23 Å². The quantitative estimate of drug-likeness (QED) is 0.224. The van der Waals surface area contributed by atoms with Gasteiger partial charge in [0.05, 0.1) is 19.7 Å². The molecule has 0 saturated heterocycles. The number of methoxy groups -OCH3 is 1. The summed E-state index contributed by atoms with van der Waals surface area (Å²) in [4.78, 5) is 20.2. The van der Waals surface area contributed by atoms with E-state index in [2.05, 4.69) is 9.96 Å². The van der Waals surface area contributed by atoms with Crippen LogP contribution in [0.1, 0.15) is 6.42 Å². The van der Waals surface area contributed by atoms with Gasteiger partial charge in [-0.15, -0.1) is 0 Å². The Balaban J connectivity index is 3.03. The SMILES string of the molecule is COC(=O)CCNBC=O. The van der Waals surface area contributed by atoms with Crippen LogP contribution in [0.5, 0.6) is 0 Å². The van der Waals surface area contributed by atoms with Gasteiger partial charge in [-0.1, -0.05) is 0 Å². The molecule has 0 aliphatic heterocycles. The monoisotopic (exact) mass is 143 g/mol. The van der Waals surface area contributed by atoms with Gasteiger partial charge in [-0.25, -0.2) is 0 Å². The van der Waals surface area contributed by atoms with Crippen molar-refractivity contribution in [2.45, 2.75) is 6.42 Å². The molecule has 56 valence electrons. The summed E-state index contributed by atoms with van der Waals surface area (Å²) in [7, 11) is 1.62. The lowest BCUT2D eigenvalue weighted by Gasteiger charge is -1.97. The third kappa shape index (κ3) is 5.30. The van der Waals surface area contributed by atoms with Crippen LogP contribution in [0.2, 0.25) is 0 Å². The minimum Gasteiger partial charge on any atom is -0.469 e. The van der Waals surface area contributed by atoms with Crippen molar-refractivity contribution in [1.29, 1.82) is 0 Å². The maximum Gasteiger partial charge on any atom is 0.306 e. The van der Waals surface area contributed by atoms with Crippen LogP contribution in [0.4, 0.5) is 0 Å². The highest BCUT2D eigenvalue weighted by atomic mass is 16.5. The first-order valence-electron chi connectivity index (χ1n) is 3.02. The van der Waals surface area contributed by atoms with E-state index >= 15 is 0 Å². The van der Waals surface area contributed by atoms with Crippen molar-refractivity contribution in [2.24, 2.45) is 0 Å². The molecule has 0 fully saturated rings. The van der Waals surface area contributed by atoms with Gasteiger partial charge in [0.1, 0.15) is 0 Å². The highest BCUT2D eigenvalue weighted by Crippen LogP contribution is 1.78. The van der Waals surface area contributed by atoms with Gasteiger partial charge in [0.2, 0.25) is 0 Å². The first-order chi connectivity index (χ1) is 4.81. The second-order valence-electron chi connectivity index (χ2n) is 1.70. The third-order valence-electron chi connectivity index (χ3n) is 0.961. The summed E-state index contributed by atoms with van der Waals surface area (Å²) in [6.07, 6.45) is 1.06. The summed E-state index contributed by atoms with van der Waals surface area (Å²) < 4.78 is 4.36. The van der Waals surface area contributed by atoms with Crippen molar-refractivity contribution in [3.05, 3.63) is 0 Å². The summed E-state index contributed by atoms with van der Waals surface area (Å²) in [5.41, 5.74) is 0. The van der Waals surface area contributed by atoms with Crippen molar-refractivity contribution in [3.63, 3.8) is 0 Å². The topological polar surface area (TPSA) is 55.4 Å². The van der Waals surface area contributed by atoms with Gasteiger partial charge in [0.15, 0.2) is 0 Å². The molecule has 0 aromatic rings. The maximum absolute atomic E-state index is 10.4. The number of esters is 1. The zero-order chi connectivity index (χ0) is 7.82. The normalized spacial score (nSPS) is 8.50. The lowest BCUT2D eigenvalue weighted by atomic mass is 9.99. The summed E-state index contributed by atoms with van der Waals surface area (Å²) in [6, 6.07) is 0. The zero-order valence-corrected chi connectivity index (χ0v) is 5.92. The van der Waals surface area contributed by atoms with E-state index in [1.54, 1.807) is 0 Å². The highest BCUT2D eigenvalue weighted by molar-refractivity contribution is 6.64. The molecule has 0 saturated carbocycles. The van der Waals surface area contributed by atoms with E-state index in [1.165, 1.54) is 7.11 Å². The van der Waals surface area contributed by atoms with Crippen LogP contribution in [0.25, 0.3) is 0 Å². The molecule has 1 N–H and O–H groups in total. The molecule has 0 aromatic carbocycles. The fourth-order valence-electron chi connectivity index (χ4n) is 0.454. The Hall–Kier alpha value is -0.835. The number of hydrogen-bond acceptors (Lipinski definition) is 4. The molecule has 0 radical (unpaired) electrons. The molecule has 0 aliphatic rings. The Morgan fingerprint density at radius 3 is 3.00 bits per heavy atom. The first-order valence-corrected chi connectivity index (χ1v) is 3.02. The van der Waals surface area contributed by atoms with Crippen molar-refractivity contribution >= 4 is 19.6 Å². The van der Waals surface area contributed by atoms with E-state index in [-0.39, 0.29) is 13.4 Å². The highest BCUT2D eigenvalue weighted by Gasteiger charge is 1.97. The number of hydrogen-bond donors (Lipinski definition) is 1. The lowest BCUT2D eigenvalue weighted by molar-refractivity contribution is -0.140. The van der Waals surface area contributed by atoms with E-state index in [4.69, 9.17) is 0 Å². The van der Waals surface area contributed by atoms with Crippen molar-refractivity contribution < 1.29 is 14.3 Å². The van der Waals surface area contributed by atoms with Crippen molar-refractivity contribution in [3.8, 4) is 0 Å². The second-order valence-corrected chi connectivity index (χ2v) is 1.70. The van der Waals surface area contributed by atoms with Crippen LogP contribution in [0.15, 0.2) is 0 Å². The molecule has 0 atom stereocenters. The van der Waals surface area contributed by atoms with Gasteiger partial charge in [-0.2, -0.15) is 0 Å². The van der Waals surface area contributed by atoms with Gasteiger partial charge in [0.25, 0.3) is 7.41 Å². The summed E-state index contributed by atoms with van der Waals surface area (Å²) in [5, 5.41) is 2.73. The van der Waals surface area contributed by atoms with E-state index in [0.29, 0.717) is 13.0 Å². The average molecular weight is 143 g/mol. The van der Waals surface area contributed by atoms with Crippen LogP contribution >= 0.6 is 0 Å². The summed E-state index contributed by atoms with van der Waals surface area (Å²) in [5.74, 6) is -0.265. The van der Waals surface area contributed by atoms with Crippen LogP contribution in [-0.4, -0.2) is 33.2 Å². The molecule has 10 heavy (non-hydrogen) atoms. The van der Waals surface area contributed by atoms with Crippen LogP contribution in [0.3, 0.4) is 0 Å². The molecule has 0 amide bonds. The fraction of sp³-hybridized carbons (Fsp3) is 0.600. The number of carbonyl (C=O) groups excluding carboxylic acids is 2. The molecule has 0 unspecified atom stereocenters. The van der Waals surface area contributed by atoms with E-state index < -0.39 is 0 Å². The standard InChI is InChI=1S/C5H10BNO3/c1-10-5(9)2-3-7-6-4-8/h4,6-7H,2-3H2,1H3. The summed E-state index contributed by atoms with van der Waals surface area (Å²) in [6.45, 7) is 0.491. The number of rotatable bonds is 5. The minimum absolute atomic E-state index is 0.265. The number of carbonyl (C=O) groups is 2. The summed E-state index contributed by atoms with van der Waals surface area (Å²) >= 11 is 0. The predicted molar refractivity (Wildman–Crippen MR) is 38.5 cm³/mol. The Morgan fingerprint density at radius 2 is 2.50 bits per heavy atom. The van der Waals surface area contributed by atoms with Crippen LogP contribution in [0, 0.1) is 0 Å². The predicted octanol–water partition coefficient (Wildman–Crippen LogP) is -1.32. The smallest absolute Gasteiger partial charge is 0.306 e. The Morgan fingerprint density at radius 1 is 1.80 bits per heavy atom. The van der Waals surface area contributed by atoms with Gasteiger partial charge in [-0.3, -0.25) is 4.79 Å². The Labute approximate surface area is 60.2 Å². The molecule has 0 aliphatic carbocycles. The van der Waals surface area contributed by atoms with Gasteiger partial charge >= 0.3 is 5.97 Å². The molecule has 0 aromatic heterocycles. The minimum atomic E-state index is -0.265. The largest absolute Gasteiger partial charge is 0.469 e. The van der Waals surface area contributed by atoms with Crippen LogP contribution in [-0.2, 0) is 14.3 Å². The molecule has 0 heterocycles. The number of nitrogens with one attached hydrogen (secondary N) is 1. The Bertz CT molecular complexity index is 117. The zero-order valence-electron chi connectivity index (χ0n) is 5.92. The lowest BCUT2D eigenvalue weighted by Crippen LogP contribution is -2.23. The maximum atomic E-state index is 10.4. The van der Waals surface area contributed by atoms with Gasteiger partial charge < -0.3 is 14.8 Å².